The Morgan fingerprint density at radius 3 is 2.13 bits per heavy atom. The Labute approximate surface area is 181 Å². The van der Waals surface area contributed by atoms with Gasteiger partial charge in [-0.25, -0.2) is 0 Å². The third-order valence-electron chi connectivity index (χ3n) is 4.61. The lowest BCUT2D eigenvalue weighted by atomic mass is 10.2. The third-order valence-corrected chi connectivity index (χ3v) is 6.37. The molecule has 0 saturated heterocycles. The highest BCUT2D eigenvalue weighted by Gasteiger charge is 2.17. The number of anilines is 2. The fraction of sp³-hybridized carbons (Fsp3) is 0.300. The first-order valence-corrected chi connectivity index (χ1v) is 11.1. The second kappa shape index (κ2) is 9.23. The number of likely N-dealkylation sites (N-methyl/N-ethyl adjacent to an activating group) is 1. The van der Waals surface area contributed by atoms with E-state index < -0.39 is 0 Å². The number of benzene rings is 1. The molecular weight excluding hydrogens is 424 g/mol. The van der Waals surface area contributed by atoms with Crippen LogP contribution in [0, 0.1) is 13.8 Å². The third kappa shape index (κ3) is 4.77. The van der Waals surface area contributed by atoms with Crippen LogP contribution in [0.4, 0.5) is 11.4 Å². The van der Waals surface area contributed by atoms with Crippen molar-refractivity contribution in [1.29, 1.82) is 0 Å². The normalized spacial score (nSPS) is 10.8. The maximum absolute atomic E-state index is 12.8. The maximum atomic E-state index is 12.8. The molecular formula is C20H22N4O4S2. The van der Waals surface area contributed by atoms with E-state index in [0.29, 0.717) is 17.9 Å². The van der Waals surface area contributed by atoms with Gasteiger partial charge in [-0.1, -0.05) is 28.7 Å². The van der Waals surface area contributed by atoms with Gasteiger partial charge in [0.25, 0.3) is 0 Å². The predicted octanol–water partition coefficient (Wildman–Crippen LogP) is 2.44. The van der Waals surface area contributed by atoms with Crippen LogP contribution in [0.2, 0.25) is 0 Å². The molecule has 0 aliphatic heterocycles. The summed E-state index contributed by atoms with van der Waals surface area (Å²) in [6.45, 7) is 5.71. The van der Waals surface area contributed by atoms with Crippen LogP contribution in [0.1, 0.15) is 18.3 Å². The zero-order chi connectivity index (χ0) is 21.8. The summed E-state index contributed by atoms with van der Waals surface area (Å²) in [5, 5.41) is 6.21. The van der Waals surface area contributed by atoms with Gasteiger partial charge in [-0.15, -0.1) is 0 Å². The number of rotatable bonds is 7. The van der Waals surface area contributed by atoms with E-state index in [4.69, 9.17) is 0 Å². The fourth-order valence-corrected chi connectivity index (χ4v) is 4.48. The number of carbonyl (C=O) groups is 2. The molecule has 0 fully saturated rings. The van der Waals surface area contributed by atoms with Crippen LogP contribution in [-0.2, 0) is 22.7 Å². The number of thiazole rings is 2. The van der Waals surface area contributed by atoms with Crippen LogP contribution in [0.15, 0.2) is 44.6 Å². The van der Waals surface area contributed by atoms with Crippen molar-refractivity contribution < 1.29 is 9.59 Å². The number of aryl methyl sites for hydroxylation is 2. The molecule has 0 aliphatic carbocycles. The zero-order valence-electron chi connectivity index (χ0n) is 16.9. The van der Waals surface area contributed by atoms with Crippen molar-refractivity contribution in [2.24, 2.45) is 0 Å². The molecule has 0 saturated carbocycles. The first kappa shape index (κ1) is 21.7. The van der Waals surface area contributed by atoms with Crippen LogP contribution in [-0.4, -0.2) is 27.5 Å². The molecule has 1 N–H and O–H groups in total. The number of nitrogens with zero attached hydrogens (tertiary/aromatic N) is 3. The van der Waals surface area contributed by atoms with Gasteiger partial charge < -0.3 is 10.2 Å². The van der Waals surface area contributed by atoms with E-state index in [1.807, 2.05) is 6.92 Å². The number of aromatic nitrogens is 2. The molecule has 0 aliphatic rings. The monoisotopic (exact) mass is 446 g/mol. The van der Waals surface area contributed by atoms with Crippen molar-refractivity contribution in [2.45, 2.75) is 33.9 Å². The summed E-state index contributed by atoms with van der Waals surface area (Å²) in [5.41, 5.74) is 2.61. The smallest absolute Gasteiger partial charge is 0.307 e. The molecule has 2 aromatic heterocycles. The topological polar surface area (TPSA) is 93.4 Å². The number of carbonyl (C=O) groups excluding carboxylic acids is 2. The maximum Gasteiger partial charge on any atom is 0.307 e. The molecule has 3 rings (SSSR count). The lowest BCUT2D eigenvalue weighted by molar-refractivity contribution is -0.119. The highest BCUT2D eigenvalue weighted by atomic mass is 32.1. The van der Waals surface area contributed by atoms with Crippen molar-refractivity contribution >= 4 is 45.9 Å². The number of hydrogen-bond acceptors (Lipinski definition) is 6. The van der Waals surface area contributed by atoms with Crippen molar-refractivity contribution in [3.05, 3.63) is 65.7 Å². The Morgan fingerprint density at radius 2 is 1.60 bits per heavy atom. The number of amides is 2. The van der Waals surface area contributed by atoms with E-state index in [1.165, 1.54) is 9.13 Å². The predicted molar refractivity (Wildman–Crippen MR) is 120 cm³/mol. The van der Waals surface area contributed by atoms with E-state index >= 15 is 0 Å². The van der Waals surface area contributed by atoms with Crippen LogP contribution in [0.5, 0.6) is 0 Å². The van der Waals surface area contributed by atoms with Gasteiger partial charge in [-0.3, -0.25) is 28.3 Å². The Hall–Kier alpha value is -2.98. The van der Waals surface area contributed by atoms with Gasteiger partial charge in [0.2, 0.25) is 11.8 Å². The Kier molecular flexibility index (Phi) is 6.68. The average Bonchev–Trinajstić information content (AvgIpc) is 3.19. The first-order chi connectivity index (χ1) is 14.3. The second-order valence-electron chi connectivity index (χ2n) is 6.69. The average molecular weight is 447 g/mol. The van der Waals surface area contributed by atoms with E-state index in [-0.39, 0.29) is 34.6 Å². The van der Waals surface area contributed by atoms with Crippen LogP contribution >= 0.6 is 22.7 Å². The lowest BCUT2D eigenvalue weighted by Gasteiger charge is -2.22. The van der Waals surface area contributed by atoms with Crippen molar-refractivity contribution in [3.63, 3.8) is 0 Å². The summed E-state index contributed by atoms with van der Waals surface area (Å²) in [6.07, 6.45) is 0. The molecule has 0 unspecified atom stereocenters. The van der Waals surface area contributed by atoms with Gasteiger partial charge in [0.15, 0.2) is 0 Å². The van der Waals surface area contributed by atoms with Gasteiger partial charge in [0.05, 0.1) is 0 Å². The molecule has 8 nitrogen and oxygen atoms in total. The van der Waals surface area contributed by atoms with E-state index in [1.54, 1.807) is 53.8 Å². The van der Waals surface area contributed by atoms with Crippen LogP contribution in [0.3, 0.4) is 0 Å². The Bertz CT molecular complexity index is 1190. The SMILES string of the molecule is CCN(C(=O)Cn1c(C)csc1=O)c1cccc(NC(=O)Cn2c(C)csc2=O)c1. The lowest BCUT2D eigenvalue weighted by Crippen LogP contribution is -2.35. The molecule has 2 heterocycles. The van der Waals surface area contributed by atoms with E-state index in [0.717, 1.165) is 34.1 Å². The molecule has 0 spiro atoms. The molecule has 10 heteroatoms. The zero-order valence-corrected chi connectivity index (χ0v) is 18.5. The van der Waals surface area contributed by atoms with E-state index in [2.05, 4.69) is 5.32 Å². The quantitative estimate of drug-likeness (QED) is 0.603. The van der Waals surface area contributed by atoms with E-state index in [9.17, 15) is 19.2 Å². The number of nitrogens with one attached hydrogen (secondary N) is 1. The summed E-state index contributed by atoms with van der Waals surface area (Å²) in [6, 6.07) is 6.93. The van der Waals surface area contributed by atoms with Gasteiger partial charge in [-0.05, 0) is 39.0 Å². The second-order valence-corrected chi connectivity index (χ2v) is 8.34. The van der Waals surface area contributed by atoms with Gasteiger partial charge >= 0.3 is 9.75 Å². The minimum Gasteiger partial charge on any atom is -0.324 e. The van der Waals surface area contributed by atoms with Gasteiger partial charge in [0.1, 0.15) is 13.1 Å². The van der Waals surface area contributed by atoms with Gasteiger partial charge in [-0.2, -0.15) is 0 Å². The molecule has 0 atom stereocenters. The minimum absolute atomic E-state index is 0.0427. The van der Waals surface area contributed by atoms with Crippen molar-refractivity contribution in [2.75, 3.05) is 16.8 Å². The molecule has 30 heavy (non-hydrogen) atoms. The molecule has 3 aromatic rings. The summed E-state index contributed by atoms with van der Waals surface area (Å²) >= 11 is 2.12. The van der Waals surface area contributed by atoms with Crippen molar-refractivity contribution in [3.8, 4) is 0 Å². The summed E-state index contributed by atoms with van der Waals surface area (Å²) in [5.74, 6) is -0.546. The van der Waals surface area contributed by atoms with Crippen LogP contribution < -0.4 is 20.0 Å². The molecule has 1 aromatic carbocycles. The summed E-state index contributed by atoms with van der Waals surface area (Å²) in [7, 11) is 0. The highest BCUT2D eigenvalue weighted by molar-refractivity contribution is 7.07. The standard InChI is InChI=1S/C20H22N4O4S2/c1-4-22(18(26)10-24-14(3)12-30-20(24)28)16-7-5-6-15(8-16)21-17(25)9-23-13(2)11-29-19(23)27/h5-8,11-12H,4,9-10H2,1-3H3,(H,21,25). The number of hydrogen-bond donors (Lipinski definition) is 1. The summed E-state index contributed by atoms with van der Waals surface area (Å²) in [4.78, 5) is 50.1. The largest absolute Gasteiger partial charge is 0.324 e. The molecule has 158 valence electrons. The summed E-state index contributed by atoms with van der Waals surface area (Å²) < 4.78 is 2.86. The Balaban J connectivity index is 1.74. The minimum atomic E-state index is -0.328. The first-order valence-electron chi connectivity index (χ1n) is 9.30. The van der Waals surface area contributed by atoms with Crippen LogP contribution in [0.25, 0.3) is 0 Å². The highest BCUT2D eigenvalue weighted by Crippen LogP contribution is 2.20. The van der Waals surface area contributed by atoms with Crippen molar-refractivity contribution in [1.82, 2.24) is 9.13 Å². The Morgan fingerprint density at radius 1 is 1.00 bits per heavy atom. The molecule has 2 amide bonds. The molecule has 0 bridgehead atoms. The molecule has 0 radical (unpaired) electrons. The van der Waals surface area contributed by atoms with Gasteiger partial charge in [0, 0.05) is 40.1 Å². The fourth-order valence-electron chi connectivity index (χ4n) is 3.01.